The highest BCUT2D eigenvalue weighted by Gasteiger charge is 2.20. The number of amides is 1. The molecule has 134 valence electrons. The molecule has 2 N–H and O–H groups in total. The van der Waals surface area contributed by atoms with Crippen molar-refractivity contribution in [1.29, 1.82) is 5.26 Å². The number of phenols is 1. The largest absolute Gasteiger partial charge is 0.500 e. The number of hydrogen-bond donors (Lipinski definition) is 2. The van der Waals surface area contributed by atoms with E-state index in [1.807, 2.05) is 6.92 Å². The molecule has 0 spiro atoms. The molecule has 0 saturated heterocycles. The monoisotopic (exact) mass is 349 g/mol. The molecule has 9 nitrogen and oxygen atoms in total. The summed E-state index contributed by atoms with van der Waals surface area (Å²) in [6.45, 7) is 3.26. The van der Waals surface area contributed by atoms with Crippen molar-refractivity contribution in [2.24, 2.45) is 0 Å². The molecule has 0 aliphatic carbocycles. The minimum atomic E-state index is -0.783. The van der Waals surface area contributed by atoms with Gasteiger partial charge in [0, 0.05) is 25.8 Å². The van der Waals surface area contributed by atoms with Gasteiger partial charge in [-0.05, 0) is 31.1 Å². The maximum atomic E-state index is 12.0. The molecule has 1 aromatic carbocycles. The van der Waals surface area contributed by atoms with Crippen LogP contribution in [0.3, 0.4) is 0 Å². The van der Waals surface area contributed by atoms with Crippen LogP contribution in [0, 0.1) is 21.4 Å². The molecule has 0 saturated carbocycles. The second-order valence-electron chi connectivity index (χ2n) is 4.82. The quantitative estimate of drug-likeness (QED) is 0.228. The van der Waals surface area contributed by atoms with E-state index >= 15 is 0 Å². The normalized spacial score (nSPS) is 10.8. The summed E-state index contributed by atoms with van der Waals surface area (Å²) in [5.41, 5.74) is -0.624. The number of hydrogen-bond acceptors (Lipinski definition) is 7. The summed E-state index contributed by atoms with van der Waals surface area (Å²) < 4.78 is 10.0. The van der Waals surface area contributed by atoms with E-state index in [0.717, 1.165) is 6.07 Å². The van der Waals surface area contributed by atoms with Gasteiger partial charge in [0.15, 0.2) is 5.75 Å². The summed E-state index contributed by atoms with van der Waals surface area (Å²) in [4.78, 5) is 22.2. The lowest BCUT2D eigenvalue weighted by atomic mass is 10.1. The Labute approximate surface area is 144 Å². The number of aromatic hydroxyl groups is 1. The van der Waals surface area contributed by atoms with Crippen LogP contribution >= 0.6 is 0 Å². The number of nitrogens with zero attached hydrogens (tertiary/aromatic N) is 2. The highest BCUT2D eigenvalue weighted by Crippen LogP contribution is 2.37. The molecule has 0 aromatic heterocycles. The summed E-state index contributed by atoms with van der Waals surface area (Å²) in [6, 6.07) is 4.09. The third-order valence-electron chi connectivity index (χ3n) is 3.12. The average Bonchev–Trinajstić information content (AvgIpc) is 2.59. The Morgan fingerprint density at radius 1 is 1.52 bits per heavy atom. The second-order valence-corrected chi connectivity index (χ2v) is 4.82. The topological polar surface area (TPSA) is 135 Å². The number of nitrogens with one attached hydrogen (secondary N) is 1. The highest BCUT2D eigenvalue weighted by atomic mass is 16.6. The van der Waals surface area contributed by atoms with Crippen molar-refractivity contribution >= 4 is 17.7 Å². The van der Waals surface area contributed by atoms with Gasteiger partial charge < -0.3 is 19.9 Å². The van der Waals surface area contributed by atoms with E-state index in [4.69, 9.17) is 14.7 Å². The minimum absolute atomic E-state index is 0.130. The van der Waals surface area contributed by atoms with Gasteiger partial charge >= 0.3 is 5.69 Å². The zero-order valence-corrected chi connectivity index (χ0v) is 13.9. The molecular formula is C16H19N3O6. The maximum Gasteiger partial charge on any atom is 0.315 e. The Bertz CT molecular complexity index is 709. The van der Waals surface area contributed by atoms with Gasteiger partial charge in [-0.2, -0.15) is 5.26 Å². The molecule has 0 radical (unpaired) electrons. The zero-order chi connectivity index (χ0) is 18.8. The van der Waals surface area contributed by atoms with Gasteiger partial charge in [0.05, 0.1) is 12.0 Å². The molecule has 1 amide bonds. The van der Waals surface area contributed by atoms with Gasteiger partial charge in [-0.15, -0.1) is 0 Å². The maximum absolute atomic E-state index is 12.0. The van der Waals surface area contributed by atoms with Crippen LogP contribution in [0.2, 0.25) is 0 Å². The van der Waals surface area contributed by atoms with Crippen LogP contribution in [0.4, 0.5) is 5.69 Å². The van der Waals surface area contributed by atoms with Gasteiger partial charge in [-0.25, -0.2) is 0 Å². The van der Waals surface area contributed by atoms with Crippen LogP contribution in [0.1, 0.15) is 18.9 Å². The molecule has 1 rings (SSSR count). The van der Waals surface area contributed by atoms with Crippen molar-refractivity contribution in [3.05, 3.63) is 33.4 Å². The van der Waals surface area contributed by atoms with Crippen LogP contribution in [0.15, 0.2) is 17.7 Å². The number of nitriles is 1. The van der Waals surface area contributed by atoms with Crippen molar-refractivity contribution < 1.29 is 24.3 Å². The van der Waals surface area contributed by atoms with Gasteiger partial charge in [0.25, 0.3) is 5.91 Å². The molecule has 1 aromatic rings. The Morgan fingerprint density at radius 2 is 2.24 bits per heavy atom. The Morgan fingerprint density at radius 3 is 2.80 bits per heavy atom. The molecule has 0 unspecified atom stereocenters. The van der Waals surface area contributed by atoms with Gasteiger partial charge in [0.2, 0.25) is 5.75 Å². The highest BCUT2D eigenvalue weighted by molar-refractivity contribution is 6.01. The van der Waals surface area contributed by atoms with Gasteiger partial charge in [-0.3, -0.25) is 14.9 Å². The van der Waals surface area contributed by atoms with E-state index in [9.17, 15) is 20.0 Å². The van der Waals surface area contributed by atoms with Crippen molar-refractivity contribution in [2.45, 2.75) is 13.3 Å². The number of rotatable bonds is 9. The molecule has 0 fully saturated rings. The smallest absolute Gasteiger partial charge is 0.315 e. The van der Waals surface area contributed by atoms with Crippen molar-refractivity contribution in [3.8, 4) is 17.6 Å². The van der Waals surface area contributed by atoms with E-state index in [1.165, 1.54) is 19.3 Å². The zero-order valence-electron chi connectivity index (χ0n) is 13.9. The summed E-state index contributed by atoms with van der Waals surface area (Å²) >= 11 is 0. The number of carbonyl (C=O) groups excluding carboxylic acids is 1. The fourth-order valence-corrected chi connectivity index (χ4v) is 1.92. The predicted octanol–water partition coefficient (Wildman–Crippen LogP) is 1.76. The molecular weight excluding hydrogens is 330 g/mol. The van der Waals surface area contributed by atoms with E-state index in [0.29, 0.717) is 26.2 Å². The molecule has 9 heteroatoms. The summed E-state index contributed by atoms with van der Waals surface area (Å²) in [5, 5.41) is 32.4. The number of methoxy groups -OCH3 is 1. The fraction of sp³-hybridized carbons (Fsp3) is 0.375. The van der Waals surface area contributed by atoms with Crippen LogP contribution in [-0.4, -0.2) is 42.8 Å². The Balaban J connectivity index is 2.98. The summed E-state index contributed by atoms with van der Waals surface area (Å²) in [5.74, 6) is -1.35. The SMILES string of the molecule is CCOCCCNC(=O)/C(C#N)=C/c1cc(OC)c(O)c([N+](=O)[O-])c1. The third kappa shape index (κ3) is 5.78. The van der Waals surface area contributed by atoms with Crippen LogP contribution < -0.4 is 10.1 Å². The van der Waals surface area contributed by atoms with E-state index in [1.54, 1.807) is 6.07 Å². The van der Waals surface area contributed by atoms with Gasteiger partial charge in [-0.1, -0.05) is 0 Å². The number of nitro groups is 1. The molecule has 25 heavy (non-hydrogen) atoms. The van der Waals surface area contributed by atoms with E-state index < -0.39 is 22.3 Å². The van der Waals surface area contributed by atoms with Crippen LogP contribution in [0.25, 0.3) is 6.08 Å². The number of nitro benzene ring substituents is 1. The fourth-order valence-electron chi connectivity index (χ4n) is 1.92. The van der Waals surface area contributed by atoms with Crippen LogP contribution in [0.5, 0.6) is 11.5 Å². The molecule has 0 bridgehead atoms. The lowest BCUT2D eigenvalue weighted by Crippen LogP contribution is -2.26. The van der Waals surface area contributed by atoms with Crippen molar-refractivity contribution in [1.82, 2.24) is 5.32 Å². The number of ether oxygens (including phenoxy) is 2. The van der Waals surface area contributed by atoms with Gasteiger partial charge in [0.1, 0.15) is 11.6 Å². The second kappa shape index (κ2) is 9.89. The third-order valence-corrected chi connectivity index (χ3v) is 3.12. The first-order chi connectivity index (χ1) is 11.9. The van der Waals surface area contributed by atoms with E-state index in [-0.39, 0.29) is 16.9 Å². The minimum Gasteiger partial charge on any atom is -0.500 e. The average molecular weight is 349 g/mol. The first kappa shape index (κ1) is 19.9. The number of benzene rings is 1. The summed E-state index contributed by atoms with van der Waals surface area (Å²) in [7, 11) is 1.24. The standard InChI is InChI=1S/C16H19N3O6/c1-3-25-6-4-5-18-16(21)12(10-17)7-11-8-13(19(22)23)15(20)14(9-11)24-2/h7-9,20H,3-6H2,1-2H3,(H,18,21)/b12-7+. The number of phenolic OH excluding ortho intramolecular Hbond substituents is 1. The Kier molecular flexibility index (Phi) is 7.89. The number of carbonyl (C=O) groups is 1. The molecule has 0 heterocycles. The lowest BCUT2D eigenvalue weighted by Gasteiger charge is -2.07. The van der Waals surface area contributed by atoms with Crippen molar-refractivity contribution in [2.75, 3.05) is 26.9 Å². The van der Waals surface area contributed by atoms with E-state index in [2.05, 4.69) is 5.32 Å². The van der Waals surface area contributed by atoms with Crippen molar-refractivity contribution in [3.63, 3.8) is 0 Å². The lowest BCUT2D eigenvalue weighted by molar-refractivity contribution is -0.386. The van der Waals surface area contributed by atoms with Crippen LogP contribution in [-0.2, 0) is 9.53 Å². The molecule has 0 aliphatic heterocycles. The first-order valence-corrected chi connectivity index (χ1v) is 7.47. The first-order valence-electron chi connectivity index (χ1n) is 7.47. The Hall–Kier alpha value is -3.12. The predicted molar refractivity (Wildman–Crippen MR) is 89.0 cm³/mol. The molecule has 0 atom stereocenters. The summed E-state index contributed by atoms with van der Waals surface area (Å²) in [6.07, 6.45) is 1.78. The molecule has 0 aliphatic rings.